The van der Waals surface area contributed by atoms with Gasteiger partial charge in [-0.2, -0.15) is 0 Å². The minimum atomic E-state index is -0.560. The van der Waals surface area contributed by atoms with Gasteiger partial charge in [-0.15, -0.1) is 10.2 Å². The quantitative estimate of drug-likeness (QED) is 0.812. The Morgan fingerprint density at radius 2 is 1.91 bits per heavy atom. The smallest absolute Gasteiger partial charge is 0.148 e. The van der Waals surface area contributed by atoms with Gasteiger partial charge in [0.1, 0.15) is 11.6 Å². The Morgan fingerprint density at radius 3 is 2.45 bits per heavy atom. The summed E-state index contributed by atoms with van der Waals surface area (Å²) in [7, 11) is 0. The van der Waals surface area contributed by atoms with E-state index in [0.29, 0.717) is 24.4 Å². The van der Waals surface area contributed by atoms with Crippen LogP contribution in [0.25, 0.3) is 11.3 Å². The number of benzene rings is 1. The predicted molar refractivity (Wildman–Crippen MR) is 85.9 cm³/mol. The number of anilines is 1. The van der Waals surface area contributed by atoms with Crippen LogP contribution in [-0.4, -0.2) is 32.1 Å². The van der Waals surface area contributed by atoms with Crippen LogP contribution in [0.4, 0.5) is 5.82 Å². The molecule has 0 aliphatic heterocycles. The maximum absolute atomic E-state index is 10.1. The third-order valence-electron chi connectivity index (χ3n) is 4.10. The van der Waals surface area contributed by atoms with Crippen molar-refractivity contribution in [2.24, 2.45) is 0 Å². The molecule has 5 nitrogen and oxygen atoms in total. The lowest BCUT2D eigenvalue weighted by Gasteiger charge is -2.41. The zero-order valence-corrected chi connectivity index (χ0v) is 13.1. The minimum Gasteiger partial charge on any atom is -0.507 e. The molecule has 1 aromatic heterocycles. The van der Waals surface area contributed by atoms with E-state index in [9.17, 15) is 10.2 Å². The summed E-state index contributed by atoms with van der Waals surface area (Å²) in [6.07, 6.45) is 1.43. The summed E-state index contributed by atoms with van der Waals surface area (Å²) in [5.41, 5.74) is 2.80. The molecule has 0 radical (unpaired) electrons. The Balaban J connectivity index is 1.77. The molecule has 0 unspecified atom stereocenters. The van der Waals surface area contributed by atoms with Crippen LogP contribution in [0.3, 0.4) is 0 Å². The van der Waals surface area contributed by atoms with Crippen LogP contribution in [0.5, 0.6) is 5.75 Å². The third-order valence-corrected chi connectivity index (χ3v) is 4.10. The first kappa shape index (κ1) is 14.8. The lowest BCUT2D eigenvalue weighted by Crippen LogP contribution is -2.48. The second-order valence-electron chi connectivity index (χ2n) is 6.53. The molecule has 1 fully saturated rings. The van der Waals surface area contributed by atoms with Crippen LogP contribution in [0.2, 0.25) is 0 Å². The SMILES string of the molecule is Cc1cc(C)c(-c2ccc(NC3CC(C)(O)C3)nn2)c(O)c1. The number of hydrogen-bond acceptors (Lipinski definition) is 5. The van der Waals surface area contributed by atoms with Gasteiger partial charge in [-0.1, -0.05) is 6.07 Å². The molecule has 0 saturated heterocycles. The van der Waals surface area contributed by atoms with E-state index in [-0.39, 0.29) is 11.8 Å². The minimum absolute atomic E-state index is 0.225. The molecular weight excluding hydrogens is 278 g/mol. The Hall–Kier alpha value is -2.14. The number of aryl methyl sites for hydroxylation is 2. The van der Waals surface area contributed by atoms with Gasteiger partial charge in [-0.05, 0) is 62.9 Å². The van der Waals surface area contributed by atoms with E-state index < -0.39 is 5.60 Å². The number of nitrogens with one attached hydrogen (secondary N) is 1. The normalized spacial score (nSPS) is 23.9. The van der Waals surface area contributed by atoms with Gasteiger partial charge in [-0.25, -0.2) is 0 Å². The average Bonchev–Trinajstić information content (AvgIpc) is 2.37. The second kappa shape index (κ2) is 5.25. The molecule has 1 aliphatic carbocycles. The molecule has 1 aromatic carbocycles. The summed E-state index contributed by atoms with van der Waals surface area (Å²) in [5, 5.41) is 31.5. The van der Waals surface area contributed by atoms with Gasteiger partial charge in [0.25, 0.3) is 0 Å². The van der Waals surface area contributed by atoms with Gasteiger partial charge >= 0.3 is 0 Å². The molecule has 5 heteroatoms. The van der Waals surface area contributed by atoms with E-state index in [1.807, 2.05) is 39.0 Å². The van der Waals surface area contributed by atoms with E-state index in [0.717, 1.165) is 16.7 Å². The van der Waals surface area contributed by atoms with Crippen molar-refractivity contribution in [3.8, 4) is 17.0 Å². The fraction of sp³-hybridized carbons (Fsp3) is 0.412. The maximum Gasteiger partial charge on any atom is 0.148 e. The molecule has 22 heavy (non-hydrogen) atoms. The Labute approximate surface area is 130 Å². The van der Waals surface area contributed by atoms with Crippen LogP contribution < -0.4 is 5.32 Å². The highest BCUT2D eigenvalue weighted by atomic mass is 16.3. The zero-order chi connectivity index (χ0) is 15.9. The number of aromatic nitrogens is 2. The molecule has 1 aliphatic rings. The van der Waals surface area contributed by atoms with Crippen LogP contribution in [0.15, 0.2) is 24.3 Å². The molecule has 0 amide bonds. The topological polar surface area (TPSA) is 78.3 Å². The van der Waals surface area contributed by atoms with Gasteiger partial charge < -0.3 is 15.5 Å². The molecular formula is C17H21N3O2. The molecule has 1 heterocycles. The first-order chi connectivity index (χ1) is 10.3. The van der Waals surface area contributed by atoms with E-state index in [1.54, 1.807) is 6.07 Å². The number of hydrogen-bond donors (Lipinski definition) is 3. The fourth-order valence-corrected chi connectivity index (χ4v) is 3.13. The van der Waals surface area contributed by atoms with Crippen LogP contribution in [0, 0.1) is 13.8 Å². The number of nitrogens with zero attached hydrogens (tertiary/aromatic N) is 2. The van der Waals surface area contributed by atoms with Crippen molar-refractivity contribution in [2.75, 3.05) is 5.32 Å². The van der Waals surface area contributed by atoms with Crippen LogP contribution in [0.1, 0.15) is 30.9 Å². The first-order valence-electron chi connectivity index (χ1n) is 7.47. The van der Waals surface area contributed by atoms with Crippen molar-refractivity contribution < 1.29 is 10.2 Å². The van der Waals surface area contributed by atoms with Crippen molar-refractivity contribution in [1.82, 2.24) is 10.2 Å². The summed E-state index contributed by atoms with van der Waals surface area (Å²) in [6.45, 7) is 5.73. The van der Waals surface area contributed by atoms with Crippen molar-refractivity contribution >= 4 is 5.82 Å². The number of aromatic hydroxyl groups is 1. The van der Waals surface area contributed by atoms with Gasteiger partial charge in [0.15, 0.2) is 0 Å². The van der Waals surface area contributed by atoms with Gasteiger partial charge in [-0.3, -0.25) is 0 Å². The fourth-order valence-electron chi connectivity index (χ4n) is 3.13. The number of phenols is 1. The standard InChI is InChI=1S/C17H21N3O2/c1-10-6-11(2)16(14(21)7-10)13-4-5-15(20-19-13)18-12-8-17(3,22)9-12/h4-7,12,21-22H,8-9H2,1-3H3,(H,18,20). The first-order valence-corrected chi connectivity index (χ1v) is 7.47. The molecule has 2 aromatic rings. The molecule has 3 rings (SSSR count). The Kier molecular flexibility index (Phi) is 3.53. The van der Waals surface area contributed by atoms with Crippen molar-refractivity contribution in [3.05, 3.63) is 35.4 Å². The molecule has 116 valence electrons. The lowest BCUT2D eigenvalue weighted by molar-refractivity contribution is -0.0235. The summed E-state index contributed by atoms with van der Waals surface area (Å²) < 4.78 is 0. The molecule has 3 N–H and O–H groups in total. The molecule has 0 spiro atoms. The van der Waals surface area contributed by atoms with Crippen LogP contribution in [-0.2, 0) is 0 Å². The van der Waals surface area contributed by atoms with E-state index in [2.05, 4.69) is 15.5 Å². The van der Waals surface area contributed by atoms with Crippen molar-refractivity contribution in [2.45, 2.75) is 45.3 Å². The summed E-state index contributed by atoms with van der Waals surface area (Å²) in [4.78, 5) is 0. The molecule has 0 bridgehead atoms. The van der Waals surface area contributed by atoms with Crippen LogP contribution >= 0.6 is 0 Å². The Bertz CT molecular complexity index is 665. The highest BCUT2D eigenvalue weighted by Gasteiger charge is 2.38. The maximum atomic E-state index is 10.1. The zero-order valence-electron chi connectivity index (χ0n) is 13.1. The van der Waals surface area contributed by atoms with Crippen molar-refractivity contribution in [1.29, 1.82) is 0 Å². The second-order valence-corrected chi connectivity index (χ2v) is 6.53. The highest BCUT2D eigenvalue weighted by molar-refractivity contribution is 5.71. The number of phenolic OH excluding ortho intramolecular Hbond substituents is 1. The summed E-state index contributed by atoms with van der Waals surface area (Å²) in [6, 6.07) is 7.69. The number of aliphatic hydroxyl groups is 1. The molecule has 1 saturated carbocycles. The Morgan fingerprint density at radius 1 is 1.18 bits per heavy atom. The van der Waals surface area contributed by atoms with Gasteiger partial charge in [0, 0.05) is 11.6 Å². The van der Waals surface area contributed by atoms with E-state index in [4.69, 9.17) is 0 Å². The third kappa shape index (κ3) is 2.90. The van der Waals surface area contributed by atoms with Crippen molar-refractivity contribution in [3.63, 3.8) is 0 Å². The monoisotopic (exact) mass is 299 g/mol. The number of rotatable bonds is 3. The van der Waals surface area contributed by atoms with E-state index >= 15 is 0 Å². The summed E-state index contributed by atoms with van der Waals surface area (Å²) >= 11 is 0. The highest BCUT2D eigenvalue weighted by Crippen LogP contribution is 2.34. The van der Waals surface area contributed by atoms with Gasteiger partial charge in [0.2, 0.25) is 0 Å². The van der Waals surface area contributed by atoms with Gasteiger partial charge in [0.05, 0.1) is 11.3 Å². The van der Waals surface area contributed by atoms with E-state index in [1.165, 1.54) is 0 Å². The largest absolute Gasteiger partial charge is 0.507 e. The molecule has 0 atom stereocenters. The predicted octanol–water partition coefficient (Wildman–Crippen LogP) is 2.79. The average molecular weight is 299 g/mol. The lowest BCUT2D eigenvalue weighted by atomic mass is 9.77. The summed E-state index contributed by atoms with van der Waals surface area (Å²) in [5.74, 6) is 0.913.